The van der Waals surface area contributed by atoms with E-state index in [1.165, 1.54) is 6.20 Å². The van der Waals surface area contributed by atoms with Gasteiger partial charge in [0.1, 0.15) is 6.54 Å². The van der Waals surface area contributed by atoms with Gasteiger partial charge < -0.3 is 10.1 Å². The van der Waals surface area contributed by atoms with Crippen LogP contribution in [0.2, 0.25) is 0 Å². The van der Waals surface area contributed by atoms with Crippen molar-refractivity contribution in [1.29, 1.82) is 0 Å². The number of anilines is 1. The number of alkyl halides is 3. The average Bonchev–Trinajstić information content (AvgIpc) is 2.16. The fraction of sp³-hybridized carbons (Fsp3) is 0.444. The Balaban J connectivity index is 2.67. The zero-order chi connectivity index (χ0) is 11.3. The van der Waals surface area contributed by atoms with Gasteiger partial charge in [-0.1, -0.05) is 0 Å². The molecule has 1 N–H and O–H groups in total. The Morgan fingerprint density at radius 1 is 1.47 bits per heavy atom. The largest absolute Gasteiger partial charge is 0.490 e. The number of ether oxygens (including phenoxy) is 1. The molecule has 1 aromatic heterocycles. The van der Waals surface area contributed by atoms with E-state index in [0.717, 1.165) is 0 Å². The Morgan fingerprint density at radius 2 is 2.20 bits per heavy atom. The highest BCUT2D eigenvalue weighted by atomic mass is 19.4. The molecule has 0 unspecified atom stereocenters. The highest BCUT2D eigenvalue weighted by molar-refractivity contribution is 5.49. The molecule has 0 aromatic carbocycles. The smallest absolute Gasteiger partial charge is 0.405 e. The minimum Gasteiger partial charge on any atom is -0.490 e. The van der Waals surface area contributed by atoms with Gasteiger partial charge in [-0.3, -0.25) is 0 Å². The normalized spacial score (nSPS) is 11.2. The molecule has 0 fully saturated rings. The van der Waals surface area contributed by atoms with E-state index in [2.05, 4.69) is 10.3 Å². The minimum atomic E-state index is -4.26. The van der Waals surface area contributed by atoms with Gasteiger partial charge in [-0.2, -0.15) is 13.2 Å². The number of hydrogen-bond donors (Lipinski definition) is 1. The monoisotopic (exact) mass is 220 g/mol. The van der Waals surface area contributed by atoms with Crippen molar-refractivity contribution in [2.24, 2.45) is 0 Å². The molecular formula is C9H11F3N2O. The van der Waals surface area contributed by atoms with E-state index in [9.17, 15) is 13.2 Å². The van der Waals surface area contributed by atoms with Crippen LogP contribution < -0.4 is 10.1 Å². The van der Waals surface area contributed by atoms with Gasteiger partial charge >= 0.3 is 6.18 Å². The second kappa shape index (κ2) is 4.86. The van der Waals surface area contributed by atoms with Crippen molar-refractivity contribution in [2.75, 3.05) is 18.5 Å². The lowest BCUT2D eigenvalue weighted by Gasteiger charge is -2.12. The van der Waals surface area contributed by atoms with Crippen LogP contribution in [0.15, 0.2) is 18.3 Å². The summed E-state index contributed by atoms with van der Waals surface area (Å²) in [5, 5.41) is 2.18. The van der Waals surface area contributed by atoms with Gasteiger partial charge in [-0.15, -0.1) is 0 Å². The molecule has 1 heterocycles. The van der Waals surface area contributed by atoms with E-state index in [4.69, 9.17) is 4.74 Å². The van der Waals surface area contributed by atoms with Crippen LogP contribution >= 0.6 is 0 Å². The van der Waals surface area contributed by atoms with Crippen LogP contribution in [0.25, 0.3) is 0 Å². The number of pyridine rings is 1. The number of nitrogens with one attached hydrogen (secondary N) is 1. The van der Waals surface area contributed by atoms with Crippen molar-refractivity contribution in [2.45, 2.75) is 13.1 Å². The summed E-state index contributed by atoms with van der Waals surface area (Å²) < 4.78 is 40.9. The van der Waals surface area contributed by atoms with E-state index < -0.39 is 12.7 Å². The van der Waals surface area contributed by atoms with Crippen molar-refractivity contribution >= 4 is 5.82 Å². The molecule has 84 valence electrons. The Morgan fingerprint density at radius 3 is 2.80 bits per heavy atom. The lowest BCUT2D eigenvalue weighted by Crippen LogP contribution is -2.22. The summed E-state index contributed by atoms with van der Waals surface area (Å²) in [5.74, 6) is 0.431. The molecule has 0 saturated carbocycles. The molecule has 6 heteroatoms. The summed E-state index contributed by atoms with van der Waals surface area (Å²) >= 11 is 0. The summed E-state index contributed by atoms with van der Waals surface area (Å²) in [5.41, 5.74) is 0. The number of rotatable bonds is 4. The van der Waals surface area contributed by atoms with Gasteiger partial charge in [0.25, 0.3) is 0 Å². The van der Waals surface area contributed by atoms with Gasteiger partial charge in [0.15, 0.2) is 11.6 Å². The number of halogens is 3. The van der Waals surface area contributed by atoms with Gasteiger partial charge in [-0.25, -0.2) is 4.98 Å². The Kier molecular flexibility index (Phi) is 3.76. The molecular weight excluding hydrogens is 209 g/mol. The lowest BCUT2D eigenvalue weighted by molar-refractivity contribution is -0.115. The summed E-state index contributed by atoms with van der Waals surface area (Å²) in [4.78, 5) is 3.76. The molecule has 0 atom stereocenters. The fourth-order valence-corrected chi connectivity index (χ4v) is 0.979. The maximum Gasteiger partial charge on any atom is 0.405 e. The predicted octanol–water partition coefficient (Wildman–Crippen LogP) is 2.45. The van der Waals surface area contributed by atoms with Crippen LogP contribution in [-0.2, 0) is 0 Å². The van der Waals surface area contributed by atoms with Gasteiger partial charge in [0, 0.05) is 6.20 Å². The lowest BCUT2D eigenvalue weighted by atomic mass is 10.4. The Labute approximate surface area is 85.3 Å². The molecule has 0 radical (unpaired) electrons. The van der Waals surface area contributed by atoms with Crippen molar-refractivity contribution < 1.29 is 17.9 Å². The topological polar surface area (TPSA) is 34.1 Å². The second-order valence-corrected chi connectivity index (χ2v) is 2.75. The number of nitrogens with zero attached hydrogens (tertiary/aromatic N) is 1. The maximum absolute atomic E-state index is 11.9. The van der Waals surface area contributed by atoms with Crippen LogP contribution in [0.3, 0.4) is 0 Å². The molecule has 1 aromatic rings. The molecule has 0 aliphatic carbocycles. The zero-order valence-electron chi connectivity index (χ0n) is 8.14. The van der Waals surface area contributed by atoms with Crippen molar-refractivity contribution in [3.8, 4) is 5.75 Å². The third kappa shape index (κ3) is 4.05. The van der Waals surface area contributed by atoms with E-state index >= 15 is 0 Å². The Hall–Kier alpha value is -1.46. The highest BCUT2D eigenvalue weighted by Crippen LogP contribution is 2.23. The first-order valence-corrected chi connectivity index (χ1v) is 4.41. The standard InChI is InChI=1S/C9H11F3N2O/c1-2-15-7-4-3-5-13-8(7)14-6-9(10,11)12/h3-5H,2,6H2,1H3,(H,13,14). The molecule has 0 saturated heterocycles. The average molecular weight is 220 g/mol. The predicted molar refractivity (Wildman–Crippen MR) is 50.0 cm³/mol. The molecule has 0 amide bonds. The molecule has 0 aliphatic heterocycles. The van der Waals surface area contributed by atoms with E-state index in [-0.39, 0.29) is 5.82 Å². The molecule has 1 rings (SSSR count). The van der Waals surface area contributed by atoms with Crippen LogP contribution in [-0.4, -0.2) is 24.3 Å². The van der Waals surface area contributed by atoms with E-state index in [1.807, 2.05) is 0 Å². The molecule has 15 heavy (non-hydrogen) atoms. The second-order valence-electron chi connectivity index (χ2n) is 2.75. The van der Waals surface area contributed by atoms with Crippen LogP contribution in [0.4, 0.5) is 19.0 Å². The first-order valence-electron chi connectivity index (χ1n) is 4.41. The molecule has 0 aliphatic rings. The van der Waals surface area contributed by atoms with Gasteiger partial charge in [0.05, 0.1) is 6.61 Å². The Bertz CT molecular complexity index is 314. The van der Waals surface area contributed by atoms with Crippen molar-refractivity contribution in [1.82, 2.24) is 4.98 Å². The first kappa shape index (κ1) is 11.6. The summed E-state index contributed by atoms with van der Waals surface area (Å²) in [6.07, 6.45) is -2.86. The summed E-state index contributed by atoms with van der Waals surface area (Å²) in [6, 6.07) is 3.17. The van der Waals surface area contributed by atoms with Crippen LogP contribution in [0, 0.1) is 0 Å². The number of hydrogen-bond acceptors (Lipinski definition) is 3. The van der Waals surface area contributed by atoms with Crippen molar-refractivity contribution in [3.63, 3.8) is 0 Å². The molecule has 0 spiro atoms. The SMILES string of the molecule is CCOc1cccnc1NCC(F)(F)F. The first-order chi connectivity index (χ1) is 7.03. The van der Waals surface area contributed by atoms with Gasteiger partial charge in [0.2, 0.25) is 0 Å². The number of aromatic nitrogens is 1. The zero-order valence-corrected chi connectivity index (χ0v) is 8.14. The molecule has 3 nitrogen and oxygen atoms in total. The van der Waals surface area contributed by atoms with Crippen LogP contribution in [0.5, 0.6) is 5.75 Å². The molecule has 0 bridgehead atoms. The minimum absolute atomic E-state index is 0.108. The third-order valence-electron chi connectivity index (χ3n) is 1.53. The quantitative estimate of drug-likeness (QED) is 0.846. The van der Waals surface area contributed by atoms with Gasteiger partial charge in [-0.05, 0) is 19.1 Å². The maximum atomic E-state index is 11.9. The third-order valence-corrected chi connectivity index (χ3v) is 1.53. The fourth-order valence-electron chi connectivity index (χ4n) is 0.979. The van der Waals surface area contributed by atoms with E-state index in [1.54, 1.807) is 19.1 Å². The summed E-state index contributed by atoms with van der Waals surface area (Å²) in [6.45, 7) is 1.01. The summed E-state index contributed by atoms with van der Waals surface area (Å²) in [7, 11) is 0. The van der Waals surface area contributed by atoms with E-state index in [0.29, 0.717) is 12.4 Å². The highest BCUT2D eigenvalue weighted by Gasteiger charge is 2.27. The van der Waals surface area contributed by atoms with Crippen molar-refractivity contribution in [3.05, 3.63) is 18.3 Å². The van der Waals surface area contributed by atoms with Crippen LogP contribution in [0.1, 0.15) is 6.92 Å².